The van der Waals surface area contributed by atoms with Gasteiger partial charge in [0.1, 0.15) is 0 Å². The number of benzene rings is 1. The first-order valence-corrected chi connectivity index (χ1v) is 6.92. The van der Waals surface area contributed by atoms with Gasteiger partial charge in [-0.05, 0) is 57.1 Å². The van der Waals surface area contributed by atoms with Crippen molar-refractivity contribution in [3.8, 4) is 0 Å². The third-order valence-corrected chi connectivity index (χ3v) is 3.90. The smallest absolute Gasteiger partial charge is 0.0460 e. The lowest BCUT2D eigenvalue weighted by atomic mass is 9.89. The normalized spacial score (nSPS) is 17.4. The van der Waals surface area contributed by atoms with Crippen LogP contribution in [0, 0.1) is 13.8 Å². The quantitative estimate of drug-likeness (QED) is 0.485. The van der Waals surface area contributed by atoms with Gasteiger partial charge in [-0.15, -0.1) is 0 Å². The average Bonchev–Trinajstić information content (AvgIpc) is 2.41. The molecule has 0 saturated carbocycles. The molecule has 0 fully saturated rings. The summed E-state index contributed by atoms with van der Waals surface area (Å²) in [6.07, 6.45) is 8.40. The van der Waals surface area contributed by atoms with Crippen LogP contribution >= 0.6 is 0 Å². The van der Waals surface area contributed by atoms with E-state index >= 15 is 0 Å². The van der Waals surface area contributed by atoms with Crippen LogP contribution in [0.2, 0.25) is 0 Å². The monoisotopic (exact) mass is 244 g/mol. The molecule has 2 nitrogen and oxygen atoms in total. The van der Waals surface area contributed by atoms with E-state index in [1.807, 2.05) is 0 Å². The highest BCUT2D eigenvalue weighted by Crippen LogP contribution is 2.23. The van der Waals surface area contributed by atoms with Gasteiger partial charge in [0.2, 0.25) is 0 Å². The minimum Gasteiger partial charge on any atom is -0.271 e. The van der Waals surface area contributed by atoms with Crippen LogP contribution in [-0.2, 0) is 6.42 Å². The number of nitrogens with one attached hydrogen (secondary N) is 1. The van der Waals surface area contributed by atoms with E-state index in [4.69, 9.17) is 5.84 Å². The molecule has 0 amide bonds. The Morgan fingerprint density at radius 1 is 1.28 bits per heavy atom. The molecule has 0 spiro atoms. The molecule has 0 heterocycles. The van der Waals surface area contributed by atoms with Crippen molar-refractivity contribution in [3.63, 3.8) is 0 Å². The van der Waals surface area contributed by atoms with Gasteiger partial charge >= 0.3 is 0 Å². The van der Waals surface area contributed by atoms with E-state index < -0.39 is 0 Å². The predicted molar refractivity (Wildman–Crippen MR) is 77.3 cm³/mol. The molecule has 18 heavy (non-hydrogen) atoms. The summed E-state index contributed by atoms with van der Waals surface area (Å²) in [6.45, 7) is 4.32. The zero-order valence-electron chi connectivity index (χ0n) is 11.5. The molecule has 2 rings (SSSR count). The second kappa shape index (κ2) is 6.17. The summed E-state index contributed by atoms with van der Waals surface area (Å²) in [5.41, 5.74) is 8.58. The van der Waals surface area contributed by atoms with E-state index in [-0.39, 0.29) is 0 Å². The van der Waals surface area contributed by atoms with Crippen LogP contribution in [0.3, 0.4) is 0 Å². The Bertz CT molecular complexity index is 435. The molecular formula is C16H24N2. The van der Waals surface area contributed by atoms with E-state index in [9.17, 15) is 0 Å². The number of hydrazine groups is 1. The Labute approximate surface area is 110 Å². The van der Waals surface area contributed by atoms with Gasteiger partial charge in [0.15, 0.2) is 0 Å². The van der Waals surface area contributed by atoms with Crippen molar-refractivity contribution >= 4 is 0 Å². The molecule has 1 aromatic rings. The predicted octanol–water partition coefficient (Wildman–Crippen LogP) is 3.18. The molecule has 1 aliphatic rings. The lowest BCUT2D eigenvalue weighted by Crippen LogP contribution is -2.38. The highest BCUT2D eigenvalue weighted by atomic mass is 15.2. The van der Waals surface area contributed by atoms with Crippen molar-refractivity contribution in [3.05, 3.63) is 46.5 Å². The van der Waals surface area contributed by atoms with Crippen molar-refractivity contribution in [1.29, 1.82) is 0 Å². The molecule has 0 bridgehead atoms. The maximum Gasteiger partial charge on any atom is 0.0460 e. The number of aryl methyl sites for hydroxylation is 2. The van der Waals surface area contributed by atoms with Gasteiger partial charge in [0, 0.05) is 6.04 Å². The van der Waals surface area contributed by atoms with Crippen LogP contribution in [0.1, 0.15) is 42.4 Å². The fraction of sp³-hybridized carbons (Fsp3) is 0.500. The fourth-order valence-electron chi connectivity index (χ4n) is 2.72. The van der Waals surface area contributed by atoms with E-state index in [0.717, 1.165) is 6.42 Å². The molecule has 1 atom stereocenters. The summed E-state index contributed by atoms with van der Waals surface area (Å²) < 4.78 is 0. The molecule has 1 aromatic carbocycles. The SMILES string of the molecule is Cc1ccc(C)c(CC(NN)C2=CCCCC2)c1. The maximum absolute atomic E-state index is 5.75. The summed E-state index contributed by atoms with van der Waals surface area (Å²) in [6, 6.07) is 6.95. The van der Waals surface area contributed by atoms with Crippen LogP contribution in [0.4, 0.5) is 0 Å². The molecule has 1 unspecified atom stereocenters. The first-order chi connectivity index (χ1) is 8.70. The number of hydrogen-bond donors (Lipinski definition) is 2. The molecule has 3 N–H and O–H groups in total. The third kappa shape index (κ3) is 3.21. The van der Waals surface area contributed by atoms with Crippen molar-refractivity contribution in [2.45, 2.75) is 52.0 Å². The van der Waals surface area contributed by atoms with Gasteiger partial charge in [-0.1, -0.05) is 35.4 Å². The van der Waals surface area contributed by atoms with E-state index in [0.29, 0.717) is 6.04 Å². The highest BCUT2D eigenvalue weighted by Gasteiger charge is 2.16. The number of nitrogens with two attached hydrogens (primary N) is 1. The zero-order valence-corrected chi connectivity index (χ0v) is 11.5. The topological polar surface area (TPSA) is 38.0 Å². The maximum atomic E-state index is 5.75. The molecule has 0 saturated heterocycles. The van der Waals surface area contributed by atoms with E-state index in [1.54, 1.807) is 0 Å². The molecule has 0 radical (unpaired) electrons. The highest BCUT2D eigenvalue weighted by molar-refractivity contribution is 5.32. The Balaban J connectivity index is 2.14. The summed E-state index contributed by atoms with van der Waals surface area (Å²) in [5, 5.41) is 0. The molecule has 98 valence electrons. The minimum atomic E-state index is 0.297. The molecule has 0 aliphatic heterocycles. The molecular weight excluding hydrogens is 220 g/mol. The van der Waals surface area contributed by atoms with Gasteiger partial charge in [-0.2, -0.15) is 0 Å². The number of hydrogen-bond acceptors (Lipinski definition) is 2. The zero-order chi connectivity index (χ0) is 13.0. The van der Waals surface area contributed by atoms with Gasteiger partial charge in [0.25, 0.3) is 0 Å². The van der Waals surface area contributed by atoms with Crippen LogP contribution in [0.15, 0.2) is 29.8 Å². The lowest BCUT2D eigenvalue weighted by Gasteiger charge is -2.23. The van der Waals surface area contributed by atoms with Crippen LogP contribution in [0.25, 0.3) is 0 Å². The Hall–Kier alpha value is -1.12. The lowest BCUT2D eigenvalue weighted by molar-refractivity contribution is 0.541. The molecule has 2 heteroatoms. The molecule has 0 aromatic heterocycles. The second-order valence-electron chi connectivity index (χ2n) is 5.38. The number of allylic oxidation sites excluding steroid dienone is 1. The van der Waals surface area contributed by atoms with Crippen molar-refractivity contribution in [1.82, 2.24) is 5.43 Å². The van der Waals surface area contributed by atoms with Crippen LogP contribution in [0.5, 0.6) is 0 Å². The first kappa shape index (κ1) is 13.3. The number of rotatable bonds is 4. The van der Waals surface area contributed by atoms with Gasteiger partial charge in [-0.25, -0.2) is 0 Å². The Kier molecular flexibility index (Phi) is 4.56. The first-order valence-electron chi connectivity index (χ1n) is 6.92. The fourth-order valence-corrected chi connectivity index (χ4v) is 2.72. The van der Waals surface area contributed by atoms with Gasteiger partial charge in [0.05, 0.1) is 0 Å². The minimum absolute atomic E-state index is 0.297. The standard InChI is InChI=1S/C16H24N2/c1-12-8-9-13(2)15(10-12)11-16(18-17)14-6-4-3-5-7-14/h6,8-10,16,18H,3-5,7,11,17H2,1-2H3. The van der Waals surface area contributed by atoms with Gasteiger partial charge < -0.3 is 0 Å². The van der Waals surface area contributed by atoms with Crippen molar-refractivity contribution in [2.24, 2.45) is 5.84 Å². The summed E-state index contributed by atoms with van der Waals surface area (Å²) >= 11 is 0. The second-order valence-corrected chi connectivity index (χ2v) is 5.38. The summed E-state index contributed by atoms with van der Waals surface area (Å²) in [5.74, 6) is 5.75. The summed E-state index contributed by atoms with van der Waals surface area (Å²) in [4.78, 5) is 0. The van der Waals surface area contributed by atoms with Crippen LogP contribution < -0.4 is 11.3 Å². The third-order valence-electron chi connectivity index (χ3n) is 3.90. The average molecular weight is 244 g/mol. The Morgan fingerprint density at radius 2 is 2.11 bits per heavy atom. The van der Waals surface area contributed by atoms with Gasteiger partial charge in [-0.3, -0.25) is 11.3 Å². The van der Waals surface area contributed by atoms with E-state index in [2.05, 4.69) is 43.5 Å². The van der Waals surface area contributed by atoms with Crippen LogP contribution in [-0.4, -0.2) is 6.04 Å². The van der Waals surface area contributed by atoms with E-state index in [1.165, 1.54) is 47.9 Å². The van der Waals surface area contributed by atoms with Crippen molar-refractivity contribution < 1.29 is 0 Å². The Morgan fingerprint density at radius 3 is 2.78 bits per heavy atom. The van der Waals surface area contributed by atoms with Crippen molar-refractivity contribution in [2.75, 3.05) is 0 Å². The largest absolute Gasteiger partial charge is 0.271 e. The molecule has 1 aliphatic carbocycles. The summed E-state index contributed by atoms with van der Waals surface area (Å²) in [7, 11) is 0.